The van der Waals surface area contributed by atoms with Gasteiger partial charge in [0.25, 0.3) is 0 Å². The fraction of sp³-hybridized carbons (Fsp3) is 0. The molecule has 3 aromatic rings. The second-order valence-electron chi connectivity index (χ2n) is 3.50. The first-order chi connectivity index (χ1) is 7.74. The molecule has 0 spiro atoms. The Balaban J connectivity index is 2.51. The van der Waals surface area contributed by atoms with Crippen LogP contribution in [0.15, 0.2) is 36.4 Å². The minimum absolute atomic E-state index is 0.174. The molecule has 0 unspecified atom stereocenters. The van der Waals surface area contributed by atoms with E-state index in [1.165, 1.54) is 0 Å². The molecule has 0 fully saturated rings. The van der Waals surface area contributed by atoms with E-state index >= 15 is 0 Å². The Morgan fingerprint density at radius 1 is 0.875 bits per heavy atom. The number of hydrogen-bond acceptors (Lipinski definition) is 2. The van der Waals surface area contributed by atoms with Crippen molar-refractivity contribution >= 4 is 44.9 Å². The molecule has 0 N–H and O–H groups in total. The number of aromatic nitrogens is 2. The van der Waals surface area contributed by atoms with Crippen LogP contribution in [0.2, 0.25) is 10.4 Å². The maximum atomic E-state index is 6.03. The zero-order valence-electron chi connectivity index (χ0n) is 8.11. The monoisotopic (exact) mass is 248 g/mol. The molecule has 0 aliphatic rings. The Morgan fingerprint density at radius 2 is 1.56 bits per heavy atom. The van der Waals surface area contributed by atoms with E-state index in [4.69, 9.17) is 23.2 Å². The maximum Gasteiger partial charge on any atom is 0.224 e. The molecule has 2 nitrogen and oxygen atoms in total. The summed E-state index contributed by atoms with van der Waals surface area (Å²) in [4.78, 5) is 8.08. The molecule has 78 valence electrons. The Kier molecular flexibility index (Phi) is 2.20. The molecule has 0 amide bonds. The highest BCUT2D eigenvalue weighted by atomic mass is 35.5. The summed E-state index contributed by atoms with van der Waals surface area (Å²) in [6, 6.07) is 12.0. The van der Waals surface area contributed by atoms with Gasteiger partial charge >= 0.3 is 0 Å². The van der Waals surface area contributed by atoms with Crippen molar-refractivity contribution in [3.05, 3.63) is 46.8 Å². The fourth-order valence-corrected chi connectivity index (χ4v) is 2.20. The van der Waals surface area contributed by atoms with Crippen molar-refractivity contribution in [2.75, 3.05) is 0 Å². The quantitative estimate of drug-likeness (QED) is 0.340. The highest BCUT2D eigenvalue weighted by molar-refractivity contribution is 6.36. The number of fused-ring (bicyclic) bond motifs is 2. The Morgan fingerprint density at radius 3 is 2.31 bits per heavy atom. The molecular formula is C12H6Cl2N2. The van der Waals surface area contributed by atoms with Gasteiger partial charge in [-0.05, 0) is 34.5 Å². The van der Waals surface area contributed by atoms with Gasteiger partial charge in [-0.1, -0.05) is 35.9 Å². The zero-order chi connectivity index (χ0) is 11.1. The summed E-state index contributed by atoms with van der Waals surface area (Å²) in [6.07, 6.45) is 0. The third-order valence-electron chi connectivity index (χ3n) is 2.49. The molecule has 2 aromatic carbocycles. The van der Waals surface area contributed by atoms with E-state index in [1.807, 2.05) is 36.4 Å². The first-order valence-electron chi connectivity index (χ1n) is 4.75. The molecule has 0 aliphatic carbocycles. The van der Waals surface area contributed by atoms with Crippen molar-refractivity contribution in [2.45, 2.75) is 0 Å². The van der Waals surface area contributed by atoms with Gasteiger partial charge in [0.15, 0.2) is 0 Å². The number of hydrogen-bond donors (Lipinski definition) is 0. The third-order valence-corrected chi connectivity index (χ3v) is 2.95. The molecule has 0 atom stereocenters. The van der Waals surface area contributed by atoms with Gasteiger partial charge in [0.1, 0.15) is 5.15 Å². The van der Waals surface area contributed by atoms with E-state index in [2.05, 4.69) is 9.97 Å². The molecule has 16 heavy (non-hydrogen) atoms. The van der Waals surface area contributed by atoms with Gasteiger partial charge in [0.2, 0.25) is 5.28 Å². The van der Waals surface area contributed by atoms with E-state index < -0.39 is 0 Å². The van der Waals surface area contributed by atoms with E-state index in [9.17, 15) is 0 Å². The van der Waals surface area contributed by atoms with Crippen LogP contribution < -0.4 is 0 Å². The highest BCUT2D eigenvalue weighted by Gasteiger charge is 2.05. The summed E-state index contributed by atoms with van der Waals surface area (Å²) in [5, 5.41) is 3.61. The second kappa shape index (κ2) is 3.58. The van der Waals surface area contributed by atoms with Crippen LogP contribution in [0.1, 0.15) is 0 Å². The van der Waals surface area contributed by atoms with E-state index in [0.29, 0.717) is 5.15 Å². The summed E-state index contributed by atoms with van der Waals surface area (Å²) in [5.41, 5.74) is 0.767. The molecule has 0 bridgehead atoms. The van der Waals surface area contributed by atoms with Gasteiger partial charge in [-0.15, -0.1) is 0 Å². The molecule has 0 saturated heterocycles. The Hall–Kier alpha value is -1.38. The molecule has 1 aromatic heterocycles. The van der Waals surface area contributed by atoms with Crippen LogP contribution in [0.25, 0.3) is 21.7 Å². The van der Waals surface area contributed by atoms with Crippen molar-refractivity contribution in [1.82, 2.24) is 9.97 Å². The predicted molar refractivity (Wildman–Crippen MR) is 67.1 cm³/mol. The molecule has 1 heterocycles. The van der Waals surface area contributed by atoms with Crippen LogP contribution in [0.5, 0.6) is 0 Å². The number of halogens is 2. The molecule has 0 radical (unpaired) electrons. The number of rotatable bonds is 0. The summed E-state index contributed by atoms with van der Waals surface area (Å²) in [7, 11) is 0. The van der Waals surface area contributed by atoms with Gasteiger partial charge in [-0.25, -0.2) is 9.97 Å². The predicted octanol–water partition coefficient (Wildman–Crippen LogP) is 4.09. The standard InChI is InChI=1S/C12H6Cl2N2/c13-11-9-5-7-3-1-2-4-8(7)6-10(9)15-12(14)16-11/h1-6H. The van der Waals surface area contributed by atoms with E-state index in [1.54, 1.807) is 0 Å². The van der Waals surface area contributed by atoms with Gasteiger partial charge in [-0.2, -0.15) is 0 Å². The van der Waals surface area contributed by atoms with Crippen LogP contribution in [0.4, 0.5) is 0 Å². The Labute approximate surface area is 102 Å². The topological polar surface area (TPSA) is 25.8 Å². The minimum Gasteiger partial charge on any atom is -0.218 e. The Bertz CT molecular complexity index is 695. The van der Waals surface area contributed by atoms with E-state index in [-0.39, 0.29) is 5.28 Å². The minimum atomic E-state index is 0.174. The first-order valence-corrected chi connectivity index (χ1v) is 5.51. The SMILES string of the molecule is Clc1nc(Cl)c2cc3ccccc3cc2n1. The average molecular weight is 249 g/mol. The smallest absolute Gasteiger partial charge is 0.218 e. The van der Waals surface area contributed by atoms with Gasteiger partial charge in [0, 0.05) is 5.39 Å². The first kappa shape index (κ1) is 9.82. The van der Waals surface area contributed by atoms with Crippen LogP contribution in [-0.4, -0.2) is 9.97 Å². The van der Waals surface area contributed by atoms with Crippen molar-refractivity contribution in [3.63, 3.8) is 0 Å². The summed E-state index contributed by atoms with van der Waals surface area (Å²) in [5.74, 6) is 0. The average Bonchev–Trinajstić information content (AvgIpc) is 2.27. The number of benzene rings is 2. The van der Waals surface area contributed by atoms with Crippen LogP contribution in [-0.2, 0) is 0 Å². The largest absolute Gasteiger partial charge is 0.224 e. The zero-order valence-corrected chi connectivity index (χ0v) is 9.63. The van der Waals surface area contributed by atoms with Gasteiger partial charge in [0.05, 0.1) is 5.52 Å². The lowest BCUT2D eigenvalue weighted by atomic mass is 10.1. The van der Waals surface area contributed by atoms with Crippen LogP contribution >= 0.6 is 23.2 Å². The maximum absolute atomic E-state index is 6.03. The summed E-state index contributed by atoms with van der Waals surface area (Å²) < 4.78 is 0. The summed E-state index contributed by atoms with van der Waals surface area (Å²) in [6.45, 7) is 0. The van der Waals surface area contributed by atoms with E-state index in [0.717, 1.165) is 21.7 Å². The van der Waals surface area contributed by atoms with Gasteiger partial charge in [-0.3, -0.25) is 0 Å². The third kappa shape index (κ3) is 1.51. The molecule has 0 saturated carbocycles. The van der Waals surface area contributed by atoms with Crippen molar-refractivity contribution in [3.8, 4) is 0 Å². The van der Waals surface area contributed by atoms with Gasteiger partial charge < -0.3 is 0 Å². The fourth-order valence-electron chi connectivity index (χ4n) is 1.75. The lowest BCUT2D eigenvalue weighted by molar-refractivity contribution is 1.22. The number of nitrogens with zero attached hydrogens (tertiary/aromatic N) is 2. The lowest BCUT2D eigenvalue weighted by Crippen LogP contribution is -1.87. The normalized spacial score (nSPS) is 11.1. The highest BCUT2D eigenvalue weighted by Crippen LogP contribution is 2.26. The van der Waals surface area contributed by atoms with Crippen molar-refractivity contribution in [2.24, 2.45) is 0 Å². The molecular weight excluding hydrogens is 243 g/mol. The lowest BCUT2D eigenvalue weighted by Gasteiger charge is -2.03. The van der Waals surface area contributed by atoms with Crippen molar-refractivity contribution in [1.29, 1.82) is 0 Å². The van der Waals surface area contributed by atoms with Crippen LogP contribution in [0.3, 0.4) is 0 Å². The summed E-state index contributed by atoms with van der Waals surface area (Å²) >= 11 is 11.8. The second-order valence-corrected chi connectivity index (χ2v) is 4.20. The van der Waals surface area contributed by atoms with Crippen molar-refractivity contribution < 1.29 is 0 Å². The molecule has 0 aliphatic heterocycles. The molecule has 4 heteroatoms. The van der Waals surface area contributed by atoms with Crippen LogP contribution in [0, 0.1) is 0 Å². The molecule has 3 rings (SSSR count).